The summed E-state index contributed by atoms with van der Waals surface area (Å²) in [5.74, 6) is 0. The molecule has 0 atom stereocenters. The van der Waals surface area contributed by atoms with Gasteiger partial charge in [0.1, 0.15) is 0 Å². The first-order valence-corrected chi connectivity index (χ1v) is 0. The van der Waals surface area contributed by atoms with Crippen molar-refractivity contribution < 1.29 is 72.3 Å². The predicted molar refractivity (Wildman–Crippen MR) is 0 cm³/mol. The fourth-order valence-electron chi connectivity index (χ4n) is 0. The smallest absolute Gasteiger partial charge is 0 e. The molecule has 0 saturated carbocycles. The van der Waals surface area contributed by atoms with Gasteiger partial charge in [-0.25, -0.2) is 0 Å². The molecule has 0 spiro atoms. The van der Waals surface area contributed by atoms with E-state index in [0.717, 1.165) is 0 Å². The summed E-state index contributed by atoms with van der Waals surface area (Å²) in [6, 6.07) is 0. The van der Waals surface area contributed by atoms with Crippen molar-refractivity contribution in [2.45, 2.75) is 0 Å². The molecule has 0 aromatic rings. The molecule has 0 fully saturated rings. The Morgan fingerprint density at radius 2 is 1.00 bits per heavy atom. The molecule has 0 aliphatic rings. The second-order valence-electron chi connectivity index (χ2n) is 0. The van der Waals surface area contributed by atoms with Gasteiger partial charge in [-0.1, -0.05) is 0 Å². The first kappa shape index (κ1) is 34.1. The van der Waals surface area contributed by atoms with Crippen LogP contribution in [0.3, 0.4) is 0 Å². The van der Waals surface area contributed by atoms with Crippen LogP contribution in [0.5, 0.6) is 0 Å². The molecular formula is CoCrMnMo. The molecule has 0 N–H and O–H groups in total. The zero-order valence-electron chi connectivity index (χ0n) is 1.53. The Balaban J connectivity index is 0. The maximum absolute atomic E-state index is 0. The molecule has 0 aliphatic heterocycles. The number of hydrogen-bond acceptors (Lipinski definition) is 0. The van der Waals surface area contributed by atoms with Crippen LogP contribution in [0.2, 0.25) is 0 Å². The van der Waals surface area contributed by atoms with E-state index in [1.807, 2.05) is 0 Å². The number of rotatable bonds is 0. The van der Waals surface area contributed by atoms with Crippen molar-refractivity contribution in [2.75, 3.05) is 0 Å². The number of hydrogen-bond donors (Lipinski definition) is 0. The zero-order valence-corrected chi connectivity index (χ0v) is 7.03. The fourth-order valence-corrected chi connectivity index (χ4v) is 0. The fraction of sp³-hybridized carbons (Fsp3) is 0. The van der Waals surface area contributed by atoms with Gasteiger partial charge in [-0.3, -0.25) is 0 Å². The van der Waals surface area contributed by atoms with E-state index in [0.29, 0.717) is 0 Å². The van der Waals surface area contributed by atoms with Crippen molar-refractivity contribution >= 4 is 0 Å². The normalized spacial score (nSPS) is 0. The molecular weight excluding hydrogens is 262 g/mol. The van der Waals surface area contributed by atoms with Crippen LogP contribution in [0, 0.1) is 0 Å². The third kappa shape index (κ3) is 8.87. The molecule has 0 aliphatic carbocycles. The largest absolute Gasteiger partial charge is 0 e. The summed E-state index contributed by atoms with van der Waals surface area (Å²) in [7, 11) is 0. The Morgan fingerprint density at radius 1 is 1.00 bits per heavy atom. The predicted octanol–water partition coefficient (Wildman–Crippen LogP) is -0.0100. The van der Waals surface area contributed by atoms with Gasteiger partial charge in [0.2, 0.25) is 0 Å². The van der Waals surface area contributed by atoms with Gasteiger partial charge in [0.05, 0.1) is 0 Å². The second kappa shape index (κ2) is 18.7. The Kier molecular flexibility index (Phi) is 160. The minimum atomic E-state index is 0. The quantitative estimate of drug-likeness (QED) is 0.538. The molecule has 2 radical (unpaired) electrons. The van der Waals surface area contributed by atoms with Crippen molar-refractivity contribution in [1.82, 2.24) is 0 Å². The van der Waals surface area contributed by atoms with Crippen LogP contribution in [0.25, 0.3) is 0 Å². The van der Waals surface area contributed by atoms with Crippen LogP contribution in [0.4, 0.5) is 0 Å². The van der Waals surface area contributed by atoms with E-state index in [1.54, 1.807) is 0 Å². The minimum absolute atomic E-state index is 0. The van der Waals surface area contributed by atoms with Gasteiger partial charge in [-0.2, -0.15) is 0 Å². The monoisotopic (exact) mass is 264 g/mol. The van der Waals surface area contributed by atoms with E-state index < -0.39 is 0 Å². The van der Waals surface area contributed by atoms with E-state index in [2.05, 4.69) is 0 Å². The third-order valence-electron chi connectivity index (χ3n) is 0. The summed E-state index contributed by atoms with van der Waals surface area (Å²) < 4.78 is 0. The molecule has 0 nitrogen and oxygen atoms in total. The van der Waals surface area contributed by atoms with E-state index in [-0.39, 0.29) is 72.3 Å². The molecule has 0 amide bonds. The molecule has 0 saturated heterocycles. The minimum Gasteiger partial charge on any atom is 0 e. The average Bonchev–Trinajstić information content (AvgIpc) is 0. The van der Waals surface area contributed by atoms with E-state index >= 15 is 0 Å². The summed E-state index contributed by atoms with van der Waals surface area (Å²) >= 11 is 0. The van der Waals surface area contributed by atoms with Gasteiger partial charge < -0.3 is 0 Å². The van der Waals surface area contributed by atoms with Gasteiger partial charge in [0, 0.05) is 72.3 Å². The van der Waals surface area contributed by atoms with Crippen molar-refractivity contribution in [3.05, 3.63) is 0 Å². The van der Waals surface area contributed by atoms with Gasteiger partial charge >= 0.3 is 0 Å². The van der Waals surface area contributed by atoms with Crippen LogP contribution in [-0.2, 0) is 72.3 Å². The standard InChI is InChI=1S/Co.Cr.Mn.Mo. The summed E-state index contributed by atoms with van der Waals surface area (Å²) in [6.45, 7) is 0. The van der Waals surface area contributed by atoms with Gasteiger partial charge in [-0.05, 0) is 0 Å². The Hall–Kier alpha value is 2.25. The maximum atomic E-state index is 0. The topological polar surface area (TPSA) is 0 Å². The average molecular weight is 262 g/mol. The van der Waals surface area contributed by atoms with Crippen molar-refractivity contribution in [3.8, 4) is 0 Å². The molecule has 4 heteroatoms. The summed E-state index contributed by atoms with van der Waals surface area (Å²) in [5, 5.41) is 0. The first-order chi connectivity index (χ1) is 0. The second-order valence-corrected chi connectivity index (χ2v) is 0. The van der Waals surface area contributed by atoms with Crippen molar-refractivity contribution in [2.24, 2.45) is 0 Å². The Labute approximate surface area is 71.5 Å². The molecule has 0 unspecified atom stereocenters. The zero-order chi connectivity index (χ0) is 0. The maximum Gasteiger partial charge on any atom is 0 e. The summed E-state index contributed by atoms with van der Waals surface area (Å²) in [6.07, 6.45) is 0. The van der Waals surface area contributed by atoms with Crippen LogP contribution in [-0.4, -0.2) is 0 Å². The molecule has 0 aromatic carbocycles. The third-order valence-corrected chi connectivity index (χ3v) is 0. The molecule has 0 rings (SSSR count). The summed E-state index contributed by atoms with van der Waals surface area (Å²) in [5.41, 5.74) is 0. The molecule has 0 heterocycles. The first-order valence-electron chi connectivity index (χ1n) is 0. The van der Waals surface area contributed by atoms with Crippen LogP contribution in [0.1, 0.15) is 0 Å². The van der Waals surface area contributed by atoms with Crippen molar-refractivity contribution in [3.63, 3.8) is 0 Å². The van der Waals surface area contributed by atoms with Crippen molar-refractivity contribution in [1.29, 1.82) is 0 Å². The molecule has 0 bridgehead atoms. The summed E-state index contributed by atoms with van der Waals surface area (Å²) in [4.78, 5) is 0. The van der Waals surface area contributed by atoms with Crippen LogP contribution < -0.4 is 0 Å². The van der Waals surface area contributed by atoms with Gasteiger partial charge in [0.25, 0.3) is 0 Å². The van der Waals surface area contributed by atoms with E-state index in [9.17, 15) is 0 Å². The van der Waals surface area contributed by atoms with E-state index in [1.165, 1.54) is 0 Å². The van der Waals surface area contributed by atoms with E-state index in [4.69, 9.17) is 0 Å². The van der Waals surface area contributed by atoms with Crippen LogP contribution in [0.15, 0.2) is 0 Å². The SMILES string of the molecule is [Co].[Cr].[Mn].[Mo]. The Bertz CT molecular complexity index is 8.00. The Morgan fingerprint density at radius 3 is 1.00 bits per heavy atom. The molecule has 28 valence electrons. The molecule has 4 heavy (non-hydrogen) atoms. The van der Waals surface area contributed by atoms with Gasteiger partial charge in [-0.15, -0.1) is 0 Å². The molecule has 0 aromatic heterocycles. The van der Waals surface area contributed by atoms with Gasteiger partial charge in [0.15, 0.2) is 0 Å². The van der Waals surface area contributed by atoms with Crippen LogP contribution >= 0.6 is 0 Å².